The topological polar surface area (TPSA) is 47.4 Å². The third-order valence-corrected chi connectivity index (χ3v) is 5.13. The van der Waals surface area contributed by atoms with Crippen molar-refractivity contribution in [3.63, 3.8) is 0 Å². The Balaban J connectivity index is 1.50. The highest BCUT2D eigenvalue weighted by molar-refractivity contribution is 5.78. The molecule has 0 aliphatic carbocycles. The Bertz CT molecular complexity index is 906. The molecule has 1 saturated heterocycles. The van der Waals surface area contributed by atoms with Gasteiger partial charge in [-0.05, 0) is 12.0 Å². The van der Waals surface area contributed by atoms with Gasteiger partial charge < -0.3 is 14.2 Å². The van der Waals surface area contributed by atoms with Crippen LogP contribution < -0.4 is 0 Å². The maximum Gasteiger partial charge on any atom is 0.222 e. The van der Waals surface area contributed by atoms with Crippen LogP contribution in [0, 0.1) is 0 Å². The Kier molecular flexibility index (Phi) is 5.83. The monoisotopic (exact) mass is 375 g/mol. The second-order valence-electron chi connectivity index (χ2n) is 7.06. The number of likely N-dealkylation sites (tertiary alicyclic amines) is 1. The number of amides is 1. The normalized spacial score (nSPS) is 14.0. The smallest absolute Gasteiger partial charge is 0.222 e. The number of rotatable bonds is 8. The van der Waals surface area contributed by atoms with Gasteiger partial charge in [0.2, 0.25) is 5.91 Å². The van der Waals surface area contributed by atoms with Crippen LogP contribution in [0.3, 0.4) is 0 Å². The van der Waals surface area contributed by atoms with Gasteiger partial charge in [-0.2, -0.15) is 0 Å². The van der Waals surface area contributed by atoms with E-state index < -0.39 is 0 Å². The quantitative estimate of drug-likeness (QED) is 0.600. The molecule has 2 aromatic carbocycles. The first-order valence-electron chi connectivity index (χ1n) is 9.80. The summed E-state index contributed by atoms with van der Waals surface area (Å²) >= 11 is 0. The number of hydrogen-bond acceptors (Lipinski definition) is 3. The first kappa shape index (κ1) is 18.4. The molecule has 1 amide bonds. The lowest BCUT2D eigenvalue weighted by Gasteiger charge is -2.17. The van der Waals surface area contributed by atoms with Crippen LogP contribution in [0.15, 0.2) is 67.0 Å². The number of imidazole rings is 1. The zero-order valence-electron chi connectivity index (χ0n) is 16.0. The largest absolute Gasteiger partial charge is 0.370 e. The van der Waals surface area contributed by atoms with Crippen molar-refractivity contribution in [1.82, 2.24) is 14.5 Å². The van der Waals surface area contributed by atoms with Crippen molar-refractivity contribution in [3.05, 3.63) is 78.2 Å². The van der Waals surface area contributed by atoms with E-state index in [1.807, 2.05) is 47.6 Å². The van der Waals surface area contributed by atoms with Crippen LogP contribution in [-0.4, -0.2) is 33.4 Å². The maximum atomic E-state index is 11.9. The Morgan fingerprint density at radius 3 is 2.39 bits per heavy atom. The molecule has 28 heavy (non-hydrogen) atoms. The van der Waals surface area contributed by atoms with E-state index in [0.29, 0.717) is 19.6 Å². The van der Waals surface area contributed by atoms with E-state index in [1.54, 1.807) is 0 Å². The molecule has 0 spiro atoms. The fourth-order valence-corrected chi connectivity index (χ4v) is 3.60. The highest BCUT2D eigenvalue weighted by Crippen LogP contribution is 2.23. The average Bonchev–Trinajstić information content (AvgIpc) is 3.34. The summed E-state index contributed by atoms with van der Waals surface area (Å²) in [7, 11) is 0. The zero-order chi connectivity index (χ0) is 19.2. The highest BCUT2D eigenvalue weighted by atomic mass is 16.5. The van der Waals surface area contributed by atoms with Gasteiger partial charge in [-0.25, -0.2) is 4.98 Å². The van der Waals surface area contributed by atoms with Crippen LogP contribution in [-0.2, 0) is 29.3 Å². The summed E-state index contributed by atoms with van der Waals surface area (Å²) in [5.74, 6) is 0.255. The Morgan fingerprint density at radius 2 is 1.68 bits per heavy atom. The molecule has 0 N–H and O–H groups in total. The van der Waals surface area contributed by atoms with E-state index in [4.69, 9.17) is 4.74 Å². The number of carbonyl (C=O) groups excluding carboxylic acids is 1. The lowest BCUT2D eigenvalue weighted by Crippen LogP contribution is -2.28. The standard InChI is InChI=1S/C23H25N3O2/c27-22-12-7-13-25(22)14-15-26-18-24-23(20-10-5-2-6-11-20)21(26)17-28-16-19-8-3-1-4-9-19/h1-6,8-11,18H,7,12-17H2. The summed E-state index contributed by atoms with van der Waals surface area (Å²) in [6.07, 6.45) is 3.50. The molecular formula is C23H25N3O2. The molecule has 0 bridgehead atoms. The van der Waals surface area contributed by atoms with Crippen molar-refractivity contribution < 1.29 is 9.53 Å². The van der Waals surface area contributed by atoms with Gasteiger partial charge in [0, 0.05) is 31.6 Å². The Labute approximate surface area is 165 Å². The molecule has 0 saturated carbocycles. The molecule has 5 nitrogen and oxygen atoms in total. The van der Waals surface area contributed by atoms with Crippen LogP contribution in [0.5, 0.6) is 0 Å². The number of carbonyl (C=O) groups is 1. The number of aromatic nitrogens is 2. The SMILES string of the molecule is O=C1CCCN1CCn1cnc(-c2ccccc2)c1COCc1ccccc1. The number of benzene rings is 2. The minimum Gasteiger partial charge on any atom is -0.370 e. The van der Waals surface area contributed by atoms with E-state index in [0.717, 1.165) is 48.6 Å². The molecule has 0 unspecified atom stereocenters. The first-order valence-corrected chi connectivity index (χ1v) is 9.80. The molecule has 2 heterocycles. The van der Waals surface area contributed by atoms with Gasteiger partial charge in [-0.15, -0.1) is 0 Å². The average molecular weight is 375 g/mol. The van der Waals surface area contributed by atoms with Gasteiger partial charge in [0.1, 0.15) is 0 Å². The van der Waals surface area contributed by atoms with E-state index in [1.165, 1.54) is 0 Å². The van der Waals surface area contributed by atoms with Crippen LogP contribution in [0.2, 0.25) is 0 Å². The first-order chi connectivity index (χ1) is 13.8. The van der Waals surface area contributed by atoms with Crippen molar-refractivity contribution in [2.24, 2.45) is 0 Å². The lowest BCUT2D eigenvalue weighted by atomic mass is 10.1. The van der Waals surface area contributed by atoms with E-state index in [-0.39, 0.29) is 5.91 Å². The van der Waals surface area contributed by atoms with E-state index in [9.17, 15) is 4.79 Å². The minimum absolute atomic E-state index is 0.255. The maximum absolute atomic E-state index is 11.9. The Hall–Kier alpha value is -2.92. The van der Waals surface area contributed by atoms with Gasteiger partial charge >= 0.3 is 0 Å². The minimum atomic E-state index is 0.255. The summed E-state index contributed by atoms with van der Waals surface area (Å²) in [4.78, 5) is 18.5. The summed E-state index contributed by atoms with van der Waals surface area (Å²) in [6, 6.07) is 20.4. The second kappa shape index (κ2) is 8.85. The predicted octanol–water partition coefficient (Wildman–Crippen LogP) is 3.89. The van der Waals surface area contributed by atoms with Crippen LogP contribution in [0.1, 0.15) is 24.1 Å². The molecule has 144 valence electrons. The third-order valence-electron chi connectivity index (χ3n) is 5.13. The fourth-order valence-electron chi connectivity index (χ4n) is 3.60. The van der Waals surface area contributed by atoms with Gasteiger partial charge in [0.15, 0.2) is 0 Å². The molecule has 1 aromatic heterocycles. The van der Waals surface area contributed by atoms with E-state index >= 15 is 0 Å². The van der Waals surface area contributed by atoms with Crippen molar-refractivity contribution in [1.29, 1.82) is 0 Å². The predicted molar refractivity (Wildman–Crippen MR) is 108 cm³/mol. The third kappa shape index (κ3) is 4.31. The molecule has 1 fully saturated rings. The molecule has 1 aliphatic rings. The molecule has 0 atom stereocenters. The number of ether oxygens (including phenoxy) is 1. The second-order valence-corrected chi connectivity index (χ2v) is 7.06. The van der Waals surface area contributed by atoms with Crippen LogP contribution >= 0.6 is 0 Å². The fraction of sp³-hybridized carbons (Fsp3) is 0.304. The summed E-state index contributed by atoms with van der Waals surface area (Å²) in [5.41, 5.74) is 4.23. The molecule has 5 heteroatoms. The number of nitrogens with zero attached hydrogens (tertiary/aromatic N) is 3. The van der Waals surface area contributed by atoms with Crippen molar-refractivity contribution in [2.75, 3.05) is 13.1 Å². The zero-order valence-corrected chi connectivity index (χ0v) is 16.0. The lowest BCUT2D eigenvalue weighted by molar-refractivity contribution is -0.127. The molecule has 3 aromatic rings. The van der Waals surface area contributed by atoms with Gasteiger partial charge in [-0.3, -0.25) is 4.79 Å². The van der Waals surface area contributed by atoms with E-state index in [2.05, 4.69) is 33.8 Å². The van der Waals surface area contributed by atoms with Crippen LogP contribution in [0.25, 0.3) is 11.3 Å². The summed E-state index contributed by atoms with van der Waals surface area (Å²) in [6.45, 7) is 3.35. The number of hydrogen-bond donors (Lipinski definition) is 0. The van der Waals surface area contributed by atoms with Crippen molar-refractivity contribution >= 4 is 5.91 Å². The Morgan fingerprint density at radius 1 is 0.929 bits per heavy atom. The van der Waals surface area contributed by atoms with Gasteiger partial charge in [0.25, 0.3) is 0 Å². The van der Waals surface area contributed by atoms with Gasteiger partial charge in [-0.1, -0.05) is 60.7 Å². The molecule has 1 aliphatic heterocycles. The molecular weight excluding hydrogens is 350 g/mol. The van der Waals surface area contributed by atoms with Crippen molar-refractivity contribution in [3.8, 4) is 11.3 Å². The van der Waals surface area contributed by atoms with Crippen LogP contribution in [0.4, 0.5) is 0 Å². The summed E-state index contributed by atoms with van der Waals surface area (Å²) in [5, 5.41) is 0. The highest BCUT2D eigenvalue weighted by Gasteiger charge is 2.20. The van der Waals surface area contributed by atoms with Gasteiger partial charge in [0.05, 0.1) is 30.9 Å². The van der Waals surface area contributed by atoms with Crippen molar-refractivity contribution in [2.45, 2.75) is 32.6 Å². The summed E-state index contributed by atoms with van der Waals surface area (Å²) < 4.78 is 8.14. The molecule has 4 rings (SSSR count). The molecule has 0 radical (unpaired) electrons.